The van der Waals surface area contributed by atoms with E-state index in [2.05, 4.69) is 27.7 Å². The molecule has 0 aliphatic carbocycles. The van der Waals surface area contributed by atoms with Crippen molar-refractivity contribution in [3.63, 3.8) is 0 Å². The molecule has 3 N–H and O–H groups in total. The predicted molar refractivity (Wildman–Crippen MR) is 60.8 cm³/mol. The Kier molecular flexibility index (Phi) is 14.6. The Morgan fingerprint density at radius 1 is 1.00 bits per heavy atom. The lowest BCUT2D eigenvalue weighted by atomic mass is 10.00. The van der Waals surface area contributed by atoms with Gasteiger partial charge in [-0.15, -0.1) is 0 Å². The van der Waals surface area contributed by atoms with Gasteiger partial charge in [0.25, 0.3) is 5.97 Å². The van der Waals surface area contributed by atoms with Gasteiger partial charge in [-0.1, -0.05) is 27.7 Å². The van der Waals surface area contributed by atoms with Gasteiger partial charge in [-0.2, -0.15) is 0 Å². The van der Waals surface area contributed by atoms with E-state index >= 15 is 0 Å². The molecule has 0 aromatic rings. The number of carboxylic acid groups (broad SMARTS) is 1. The lowest BCUT2D eigenvalue weighted by molar-refractivity contribution is -0.134. The molecule has 0 bridgehead atoms. The average Bonchev–Trinajstić information content (AvgIpc) is 1.79. The van der Waals surface area contributed by atoms with Gasteiger partial charge >= 0.3 is 0 Å². The molecule has 4 nitrogen and oxygen atoms in total. The molecule has 0 heterocycles. The fraction of sp³-hybridized carbons (Fsp3) is 0.818. The van der Waals surface area contributed by atoms with Crippen LogP contribution < -0.4 is 0 Å². The summed E-state index contributed by atoms with van der Waals surface area (Å²) in [5, 5.41) is 7.42. The van der Waals surface area contributed by atoms with E-state index in [9.17, 15) is 4.79 Å². The number of aliphatic carboxylic acids is 1. The first kappa shape index (κ1) is 19.6. The largest absolute Gasteiger partial charge is 0.481 e. The highest BCUT2D eigenvalue weighted by atomic mass is 16.4. The van der Waals surface area contributed by atoms with Crippen LogP contribution in [0.5, 0.6) is 0 Å². The molecule has 0 rings (SSSR count). The van der Waals surface area contributed by atoms with Crippen molar-refractivity contribution in [2.45, 2.75) is 47.5 Å². The van der Waals surface area contributed by atoms with Crippen LogP contribution in [-0.2, 0) is 9.59 Å². The summed E-state index contributed by atoms with van der Waals surface area (Å²) < 4.78 is 0. The van der Waals surface area contributed by atoms with E-state index in [1.165, 1.54) is 0 Å². The van der Waals surface area contributed by atoms with Crippen molar-refractivity contribution < 1.29 is 20.2 Å². The van der Waals surface area contributed by atoms with Gasteiger partial charge in [-0.25, -0.2) is 0 Å². The Morgan fingerprint density at radius 3 is 1.33 bits per heavy atom. The summed E-state index contributed by atoms with van der Waals surface area (Å²) in [6.07, 6.45) is 1.50. The molecule has 15 heavy (non-hydrogen) atoms. The van der Waals surface area contributed by atoms with Gasteiger partial charge in [-0.05, 0) is 11.8 Å². The Balaban J connectivity index is -0.000000249. The van der Waals surface area contributed by atoms with E-state index in [1.807, 2.05) is 0 Å². The van der Waals surface area contributed by atoms with E-state index < -0.39 is 5.97 Å². The van der Waals surface area contributed by atoms with Gasteiger partial charge in [0.1, 0.15) is 5.78 Å². The third-order valence-corrected chi connectivity index (χ3v) is 1.27. The topological polar surface area (TPSA) is 85.9 Å². The Bertz CT molecular complexity index is 157. The molecular formula is C11H24O4. The second kappa shape index (κ2) is 11.2. The van der Waals surface area contributed by atoms with Gasteiger partial charge in [0.15, 0.2) is 0 Å². The van der Waals surface area contributed by atoms with Crippen LogP contribution in [0, 0.1) is 11.8 Å². The number of carboxylic acids is 1. The number of rotatable bonds is 4. The molecular weight excluding hydrogens is 196 g/mol. The first-order chi connectivity index (χ1) is 6.25. The molecule has 0 aromatic carbocycles. The molecule has 0 radical (unpaired) electrons. The van der Waals surface area contributed by atoms with E-state index in [1.54, 1.807) is 0 Å². The summed E-state index contributed by atoms with van der Waals surface area (Å²) in [5.41, 5.74) is 0. The van der Waals surface area contributed by atoms with E-state index in [-0.39, 0.29) is 5.48 Å². The van der Waals surface area contributed by atoms with Crippen LogP contribution in [-0.4, -0.2) is 22.3 Å². The molecule has 92 valence electrons. The van der Waals surface area contributed by atoms with Crippen molar-refractivity contribution in [1.82, 2.24) is 0 Å². The van der Waals surface area contributed by atoms with E-state index in [0.29, 0.717) is 17.6 Å². The fourth-order valence-electron chi connectivity index (χ4n) is 0.994. The molecule has 4 heteroatoms. The molecule has 0 amide bonds. The van der Waals surface area contributed by atoms with Crippen molar-refractivity contribution >= 4 is 11.8 Å². The number of Topliss-reactive ketones (excluding diaryl/α,β-unsaturated/α-hetero) is 1. The van der Waals surface area contributed by atoms with Gasteiger partial charge < -0.3 is 10.6 Å². The van der Waals surface area contributed by atoms with Crippen LogP contribution in [0.3, 0.4) is 0 Å². The summed E-state index contributed by atoms with van der Waals surface area (Å²) in [4.78, 5) is 20.1. The smallest absolute Gasteiger partial charge is 0.300 e. The zero-order valence-corrected chi connectivity index (χ0v) is 10.3. The minimum atomic E-state index is -0.833. The van der Waals surface area contributed by atoms with Gasteiger partial charge in [0.2, 0.25) is 0 Å². The SMILES string of the molecule is CC(=O)O.CC(C)CC(=O)CC(C)C.O. The molecule has 0 saturated heterocycles. The summed E-state index contributed by atoms with van der Waals surface area (Å²) in [5.74, 6) is 0.613. The third kappa shape index (κ3) is 32.0. The molecule has 0 atom stereocenters. The standard InChI is InChI=1S/C9H18O.C2H4O2.H2O/c1-7(2)5-9(10)6-8(3)4;1-2(3)4;/h7-8H,5-6H2,1-4H3;1H3,(H,3,4);1H2. The van der Waals surface area contributed by atoms with Crippen molar-refractivity contribution in [3.8, 4) is 0 Å². The van der Waals surface area contributed by atoms with Crippen LogP contribution in [0.2, 0.25) is 0 Å². The average molecular weight is 220 g/mol. The van der Waals surface area contributed by atoms with Crippen LogP contribution in [0.15, 0.2) is 0 Å². The normalized spacial score (nSPS) is 9.00. The van der Waals surface area contributed by atoms with E-state index in [4.69, 9.17) is 9.90 Å². The Labute approximate surface area is 92.0 Å². The zero-order chi connectivity index (χ0) is 11.7. The summed E-state index contributed by atoms with van der Waals surface area (Å²) in [6, 6.07) is 0. The number of carbonyl (C=O) groups excluding carboxylic acids is 1. The summed E-state index contributed by atoms with van der Waals surface area (Å²) >= 11 is 0. The lowest BCUT2D eigenvalue weighted by Crippen LogP contribution is -2.05. The number of ketones is 1. The van der Waals surface area contributed by atoms with Gasteiger partial charge in [-0.3, -0.25) is 9.59 Å². The maximum atomic E-state index is 11.1. The maximum Gasteiger partial charge on any atom is 0.300 e. The second-order valence-corrected chi connectivity index (χ2v) is 4.25. The molecule has 0 aromatic heterocycles. The molecule has 0 aliphatic rings. The molecule has 0 unspecified atom stereocenters. The monoisotopic (exact) mass is 220 g/mol. The summed E-state index contributed by atoms with van der Waals surface area (Å²) in [7, 11) is 0. The van der Waals surface area contributed by atoms with E-state index in [0.717, 1.165) is 19.8 Å². The molecule has 0 spiro atoms. The van der Waals surface area contributed by atoms with Crippen LogP contribution >= 0.6 is 0 Å². The quantitative estimate of drug-likeness (QED) is 0.785. The Hall–Kier alpha value is -0.900. The zero-order valence-electron chi connectivity index (χ0n) is 10.3. The Morgan fingerprint density at radius 2 is 1.20 bits per heavy atom. The fourth-order valence-corrected chi connectivity index (χ4v) is 0.994. The van der Waals surface area contributed by atoms with Gasteiger partial charge in [0, 0.05) is 19.8 Å². The highest BCUT2D eigenvalue weighted by Crippen LogP contribution is 2.07. The van der Waals surface area contributed by atoms with Crippen molar-refractivity contribution in [2.24, 2.45) is 11.8 Å². The number of hydrogen-bond donors (Lipinski definition) is 1. The third-order valence-electron chi connectivity index (χ3n) is 1.27. The van der Waals surface area contributed by atoms with Crippen molar-refractivity contribution in [2.75, 3.05) is 0 Å². The first-order valence-electron chi connectivity index (χ1n) is 4.96. The summed E-state index contributed by atoms with van der Waals surface area (Å²) in [6.45, 7) is 9.41. The van der Waals surface area contributed by atoms with Crippen LogP contribution in [0.4, 0.5) is 0 Å². The highest BCUT2D eigenvalue weighted by Gasteiger charge is 2.06. The minimum Gasteiger partial charge on any atom is -0.481 e. The minimum absolute atomic E-state index is 0. The first-order valence-corrected chi connectivity index (χ1v) is 4.96. The molecule has 0 fully saturated rings. The second-order valence-electron chi connectivity index (χ2n) is 4.25. The highest BCUT2D eigenvalue weighted by molar-refractivity contribution is 5.78. The van der Waals surface area contributed by atoms with Gasteiger partial charge in [0.05, 0.1) is 0 Å². The maximum absolute atomic E-state index is 11.1. The van der Waals surface area contributed by atoms with Crippen molar-refractivity contribution in [3.05, 3.63) is 0 Å². The molecule has 0 aliphatic heterocycles. The number of carbonyl (C=O) groups is 2. The van der Waals surface area contributed by atoms with Crippen molar-refractivity contribution in [1.29, 1.82) is 0 Å². The van der Waals surface area contributed by atoms with Crippen LogP contribution in [0.1, 0.15) is 47.5 Å². The number of hydrogen-bond acceptors (Lipinski definition) is 2. The predicted octanol–water partition coefficient (Wildman–Crippen LogP) is 1.91. The molecule has 0 saturated carbocycles. The van der Waals surface area contributed by atoms with Crippen LogP contribution in [0.25, 0.3) is 0 Å². The lowest BCUT2D eigenvalue weighted by Gasteiger charge is -2.05.